The van der Waals surface area contributed by atoms with Crippen LogP contribution >= 0.6 is 15.6 Å². The van der Waals surface area contributed by atoms with Gasteiger partial charge in [0.15, 0.2) is 12.2 Å². The van der Waals surface area contributed by atoms with Gasteiger partial charge in [-0.2, -0.15) is 0 Å². The molecule has 0 spiro atoms. The highest BCUT2D eigenvalue weighted by Gasteiger charge is 2.30. The van der Waals surface area contributed by atoms with Gasteiger partial charge in [0.05, 0.1) is 26.4 Å². The SMILES string of the molecule is CCCCCCCCCCCCCCCCCC(=O)OC[C@H](COP(=O)(O)OC[C@@H](O)COP(=O)(O)OC[C@@H](COC(=O)CCCCCCCCCCCC)OC(=O)CCCCCCCCCCCCCCCC)OC(=O)CCCCCCCCCCCCCCCCC(C)CC. The largest absolute Gasteiger partial charge is 0.472 e. The predicted molar refractivity (Wildman–Crippen MR) is 395 cm³/mol. The minimum absolute atomic E-state index is 0.108. The normalized spacial score (nSPS) is 14.2. The van der Waals surface area contributed by atoms with Crippen LogP contribution in [-0.2, 0) is 65.4 Å². The Kier molecular flexibility index (Phi) is 69.6. The van der Waals surface area contributed by atoms with E-state index >= 15 is 0 Å². The Morgan fingerprint density at radius 2 is 0.495 bits per heavy atom. The van der Waals surface area contributed by atoms with Crippen LogP contribution in [0, 0.1) is 5.92 Å². The maximum absolute atomic E-state index is 13.1. The highest BCUT2D eigenvalue weighted by molar-refractivity contribution is 7.47. The number of esters is 4. The number of phosphoric acid groups is 2. The molecule has 0 aromatic rings. The summed E-state index contributed by atoms with van der Waals surface area (Å²) in [5.41, 5.74) is 0. The number of hydrogen-bond donors (Lipinski definition) is 3. The van der Waals surface area contributed by atoms with Gasteiger partial charge in [-0.25, -0.2) is 9.13 Å². The summed E-state index contributed by atoms with van der Waals surface area (Å²) in [6.07, 6.45) is 60.8. The summed E-state index contributed by atoms with van der Waals surface area (Å²) in [6, 6.07) is 0. The Balaban J connectivity index is 5.24. The summed E-state index contributed by atoms with van der Waals surface area (Å²) in [7, 11) is -9.91. The summed E-state index contributed by atoms with van der Waals surface area (Å²) >= 11 is 0. The van der Waals surface area contributed by atoms with Crippen LogP contribution in [0.4, 0.5) is 0 Å². The molecule has 17 nitrogen and oxygen atoms in total. The van der Waals surface area contributed by atoms with Crippen molar-refractivity contribution in [2.75, 3.05) is 39.6 Å². The zero-order valence-electron chi connectivity index (χ0n) is 63.2. The van der Waals surface area contributed by atoms with E-state index in [1.807, 2.05) is 0 Å². The molecule has 0 saturated carbocycles. The summed E-state index contributed by atoms with van der Waals surface area (Å²) < 4.78 is 68.6. The number of aliphatic hydroxyl groups is 1. The molecule has 0 radical (unpaired) electrons. The third-order valence-electron chi connectivity index (χ3n) is 18.6. The van der Waals surface area contributed by atoms with Crippen LogP contribution in [0.2, 0.25) is 0 Å². The fourth-order valence-corrected chi connectivity index (χ4v) is 13.6. The minimum atomic E-state index is -4.96. The molecule has 0 aliphatic carbocycles. The molecule has 0 aromatic carbocycles. The smallest absolute Gasteiger partial charge is 0.462 e. The van der Waals surface area contributed by atoms with E-state index in [2.05, 4.69) is 34.6 Å². The fourth-order valence-electron chi connectivity index (χ4n) is 12.0. The first kappa shape index (κ1) is 95.1. The number of ether oxygens (including phenoxy) is 4. The van der Waals surface area contributed by atoms with Crippen molar-refractivity contribution in [3.8, 4) is 0 Å². The summed E-state index contributed by atoms with van der Waals surface area (Å²) in [6.45, 7) is 7.36. The van der Waals surface area contributed by atoms with Crippen molar-refractivity contribution in [3.63, 3.8) is 0 Å². The lowest BCUT2D eigenvalue weighted by molar-refractivity contribution is -0.161. The highest BCUT2D eigenvalue weighted by Crippen LogP contribution is 2.45. The lowest BCUT2D eigenvalue weighted by atomic mass is 9.99. The average molecular weight is 1420 g/mol. The highest BCUT2D eigenvalue weighted by atomic mass is 31.2. The van der Waals surface area contributed by atoms with Gasteiger partial charge in [-0.05, 0) is 31.6 Å². The molecule has 0 fully saturated rings. The number of hydrogen-bond acceptors (Lipinski definition) is 15. The van der Waals surface area contributed by atoms with E-state index in [1.165, 1.54) is 238 Å². The van der Waals surface area contributed by atoms with Crippen molar-refractivity contribution in [2.45, 2.75) is 432 Å². The van der Waals surface area contributed by atoms with Crippen molar-refractivity contribution < 1.29 is 80.2 Å². The second-order valence-corrected chi connectivity index (χ2v) is 31.3. The number of rotatable bonds is 78. The van der Waals surface area contributed by atoms with Crippen molar-refractivity contribution in [1.29, 1.82) is 0 Å². The van der Waals surface area contributed by atoms with Gasteiger partial charge in [0, 0.05) is 25.7 Å². The topological polar surface area (TPSA) is 237 Å². The maximum atomic E-state index is 13.1. The van der Waals surface area contributed by atoms with Crippen LogP contribution in [0.25, 0.3) is 0 Å². The third kappa shape index (κ3) is 70.9. The predicted octanol–water partition coefficient (Wildman–Crippen LogP) is 23.3. The van der Waals surface area contributed by atoms with Gasteiger partial charge >= 0.3 is 39.5 Å². The molecule has 0 heterocycles. The number of aliphatic hydroxyl groups excluding tert-OH is 1. The molecule has 0 bridgehead atoms. The number of unbranched alkanes of at least 4 members (excludes halogenated alkanes) is 49. The fraction of sp³-hybridized carbons (Fsp3) is 0.949. The van der Waals surface area contributed by atoms with Gasteiger partial charge in [0.1, 0.15) is 19.3 Å². The third-order valence-corrected chi connectivity index (χ3v) is 20.5. The molecule has 3 unspecified atom stereocenters. The van der Waals surface area contributed by atoms with Crippen LogP contribution in [0.15, 0.2) is 0 Å². The quantitative estimate of drug-likeness (QED) is 0.0222. The van der Waals surface area contributed by atoms with Crippen LogP contribution in [0.1, 0.15) is 413 Å². The molecule has 19 heteroatoms. The summed E-state index contributed by atoms with van der Waals surface area (Å²) in [4.78, 5) is 72.9. The second-order valence-electron chi connectivity index (χ2n) is 28.3. The zero-order valence-corrected chi connectivity index (χ0v) is 65.0. The maximum Gasteiger partial charge on any atom is 0.472 e. The number of carbonyl (C=O) groups is 4. The molecule has 3 N–H and O–H groups in total. The molecule has 0 rings (SSSR count). The van der Waals surface area contributed by atoms with Gasteiger partial charge in [-0.15, -0.1) is 0 Å². The van der Waals surface area contributed by atoms with Gasteiger partial charge in [0.25, 0.3) is 0 Å². The van der Waals surface area contributed by atoms with Crippen molar-refractivity contribution in [2.24, 2.45) is 5.92 Å². The van der Waals surface area contributed by atoms with Crippen molar-refractivity contribution in [1.82, 2.24) is 0 Å². The van der Waals surface area contributed by atoms with Crippen LogP contribution in [-0.4, -0.2) is 96.7 Å². The van der Waals surface area contributed by atoms with E-state index in [0.29, 0.717) is 25.7 Å². The molecular weight excluding hydrogens is 1270 g/mol. The molecule has 0 aromatic heterocycles. The average Bonchev–Trinajstić information content (AvgIpc) is 1.69. The molecular formula is C78H152O17P2. The van der Waals surface area contributed by atoms with E-state index in [0.717, 1.165) is 95.8 Å². The van der Waals surface area contributed by atoms with Crippen LogP contribution in [0.5, 0.6) is 0 Å². The van der Waals surface area contributed by atoms with Crippen molar-refractivity contribution >= 4 is 39.5 Å². The van der Waals surface area contributed by atoms with E-state index in [-0.39, 0.29) is 25.7 Å². The molecule has 0 aliphatic heterocycles. The molecule has 0 aliphatic rings. The number of phosphoric ester groups is 2. The Hall–Kier alpha value is -1.94. The van der Waals surface area contributed by atoms with Gasteiger partial charge in [-0.1, -0.05) is 362 Å². The van der Waals surface area contributed by atoms with Gasteiger partial charge in [-0.3, -0.25) is 37.3 Å². The molecule has 97 heavy (non-hydrogen) atoms. The lowest BCUT2D eigenvalue weighted by Crippen LogP contribution is -2.30. The van der Waals surface area contributed by atoms with Crippen LogP contribution in [0.3, 0.4) is 0 Å². The van der Waals surface area contributed by atoms with Gasteiger partial charge in [0.2, 0.25) is 0 Å². The first-order chi connectivity index (χ1) is 47.1. The van der Waals surface area contributed by atoms with E-state index in [4.69, 9.17) is 37.0 Å². The number of carbonyl (C=O) groups excluding carboxylic acids is 4. The Bertz CT molecular complexity index is 1860. The standard InChI is InChI=1S/C78H152O17P2/c1-6-10-13-16-19-22-25-27-29-34-37-42-47-52-57-62-76(81)89-68-74(95-78(83)64-59-54-49-44-39-35-31-30-32-36-40-45-50-55-60-71(5)9-4)70-93-97(86,87)91-66-72(79)65-90-96(84,85)92-69-73(67-88-75(80)61-56-51-46-41-24-21-18-15-12-8-3)94-77(82)63-58-53-48-43-38-33-28-26-23-20-17-14-11-7-2/h71-74,79H,6-70H2,1-5H3,(H,84,85)(H,86,87)/t71?,72-,73+,74+/m0/s1. The monoisotopic (exact) mass is 1420 g/mol. The lowest BCUT2D eigenvalue weighted by Gasteiger charge is -2.21. The first-order valence-corrected chi connectivity index (χ1v) is 43.7. The first-order valence-electron chi connectivity index (χ1n) is 40.7. The molecule has 6 atom stereocenters. The molecule has 576 valence electrons. The zero-order chi connectivity index (χ0) is 71.2. The van der Waals surface area contributed by atoms with E-state index in [1.54, 1.807) is 0 Å². The second kappa shape index (κ2) is 71.1. The summed E-state index contributed by atoms with van der Waals surface area (Å²) in [5.74, 6) is -1.26. The molecule has 0 saturated heterocycles. The minimum Gasteiger partial charge on any atom is -0.462 e. The molecule has 0 amide bonds. The van der Waals surface area contributed by atoms with E-state index in [9.17, 15) is 43.2 Å². The Labute approximate surface area is 594 Å². The van der Waals surface area contributed by atoms with Gasteiger partial charge < -0.3 is 33.8 Å². The Morgan fingerprint density at radius 3 is 0.732 bits per heavy atom. The summed E-state index contributed by atoms with van der Waals surface area (Å²) in [5, 5.41) is 10.6. The van der Waals surface area contributed by atoms with E-state index < -0.39 is 97.5 Å². The van der Waals surface area contributed by atoms with Crippen molar-refractivity contribution in [3.05, 3.63) is 0 Å². The van der Waals surface area contributed by atoms with Crippen LogP contribution < -0.4 is 0 Å². The Morgan fingerprint density at radius 1 is 0.289 bits per heavy atom.